The highest BCUT2D eigenvalue weighted by Crippen LogP contribution is 2.60. The fourth-order valence-electron chi connectivity index (χ4n) is 3.27. The molecule has 0 saturated heterocycles. The van der Waals surface area contributed by atoms with E-state index >= 15 is 0 Å². The summed E-state index contributed by atoms with van der Waals surface area (Å²) in [5.41, 5.74) is 4.03. The third-order valence-corrected chi connectivity index (χ3v) is 10.9. The predicted molar refractivity (Wildman–Crippen MR) is 106 cm³/mol. The van der Waals surface area contributed by atoms with E-state index in [0.29, 0.717) is 0 Å². The van der Waals surface area contributed by atoms with Gasteiger partial charge in [0.15, 0.2) is 0 Å². The maximum atomic E-state index is 10.2. The number of aliphatic hydroxyl groups excluding tert-OH is 2. The van der Waals surface area contributed by atoms with Crippen LogP contribution in [0.15, 0.2) is 43.4 Å². The van der Waals surface area contributed by atoms with Crippen LogP contribution in [0.5, 0.6) is 0 Å². The average Bonchev–Trinajstić information content (AvgIpc) is 2.46. The lowest BCUT2D eigenvalue weighted by Gasteiger charge is -2.51. The van der Waals surface area contributed by atoms with Crippen molar-refractivity contribution in [2.75, 3.05) is 0 Å². The lowest BCUT2D eigenvalue weighted by atomic mass is 9.69. The summed E-state index contributed by atoms with van der Waals surface area (Å²) in [6.45, 7) is 8.01. The van der Waals surface area contributed by atoms with E-state index in [-0.39, 0.29) is 0 Å². The van der Waals surface area contributed by atoms with E-state index in [0.717, 1.165) is 31.3 Å². The van der Waals surface area contributed by atoms with Gasteiger partial charge in [0.25, 0.3) is 0 Å². The lowest BCUT2D eigenvalue weighted by molar-refractivity contribution is 0.258. The molecule has 4 unspecified atom stereocenters. The smallest absolute Gasteiger partial charge is 0.104 e. The third kappa shape index (κ3) is 2.44. The number of aliphatic hydroxyl groups is 2. The SMILES string of the molecule is CC1=CC(O)C(Br)=C(C)C1(Br)C1(Br)C(C)=CC(O)C(Br)=C1C. The Hall–Kier alpha value is 0.800. The molecular weight excluding hydrogens is 544 g/mol. The van der Waals surface area contributed by atoms with Gasteiger partial charge in [-0.2, -0.15) is 0 Å². The van der Waals surface area contributed by atoms with Gasteiger partial charge in [-0.25, -0.2) is 0 Å². The zero-order chi connectivity index (χ0) is 17.0. The number of rotatable bonds is 1. The van der Waals surface area contributed by atoms with Crippen LogP contribution in [-0.2, 0) is 0 Å². The molecule has 2 nitrogen and oxygen atoms in total. The molecule has 0 saturated carbocycles. The monoisotopic (exact) mass is 558 g/mol. The van der Waals surface area contributed by atoms with Crippen molar-refractivity contribution in [2.24, 2.45) is 0 Å². The maximum absolute atomic E-state index is 10.2. The van der Waals surface area contributed by atoms with Gasteiger partial charge in [0.05, 0.1) is 8.65 Å². The van der Waals surface area contributed by atoms with E-state index in [1.54, 1.807) is 0 Å². The molecule has 2 aliphatic rings. The van der Waals surface area contributed by atoms with Crippen molar-refractivity contribution in [3.8, 4) is 0 Å². The van der Waals surface area contributed by atoms with E-state index in [1.165, 1.54) is 0 Å². The van der Waals surface area contributed by atoms with Crippen molar-refractivity contribution in [1.82, 2.24) is 0 Å². The minimum absolute atomic E-state index is 0.540. The molecule has 0 heterocycles. The molecule has 0 amide bonds. The van der Waals surface area contributed by atoms with Gasteiger partial charge in [-0.1, -0.05) is 87.0 Å². The normalized spacial score (nSPS) is 39.9. The van der Waals surface area contributed by atoms with Crippen molar-refractivity contribution in [2.45, 2.75) is 48.6 Å². The molecule has 6 heteroatoms. The predicted octanol–water partition coefficient (Wildman–Crippen LogP) is 5.23. The van der Waals surface area contributed by atoms with Gasteiger partial charge >= 0.3 is 0 Å². The van der Waals surface area contributed by atoms with Crippen molar-refractivity contribution in [3.05, 3.63) is 43.4 Å². The van der Waals surface area contributed by atoms with E-state index in [2.05, 4.69) is 63.7 Å². The Labute approximate surface area is 165 Å². The molecule has 22 heavy (non-hydrogen) atoms. The van der Waals surface area contributed by atoms with E-state index < -0.39 is 20.9 Å². The Morgan fingerprint density at radius 3 is 1.32 bits per heavy atom. The molecule has 0 aromatic carbocycles. The van der Waals surface area contributed by atoms with Crippen LogP contribution in [0.3, 0.4) is 0 Å². The van der Waals surface area contributed by atoms with Crippen molar-refractivity contribution in [3.63, 3.8) is 0 Å². The molecule has 0 aromatic heterocycles. The third-order valence-electron chi connectivity index (χ3n) is 4.65. The molecule has 0 fully saturated rings. The molecule has 2 aliphatic carbocycles. The molecular formula is C16H18Br4O2. The number of allylic oxidation sites excluding steroid dienone is 4. The van der Waals surface area contributed by atoms with Gasteiger partial charge < -0.3 is 10.2 Å². The Kier molecular flexibility index (Phi) is 5.45. The second-order valence-electron chi connectivity index (χ2n) is 5.85. The minimum atomic E-state index is -0.632. The first-order chi connectivity index (χ1) is 9.99. The molecule has 2 rings (SSSR count). The van der Waals surface area contributed by atoms with Crippen LogP contribution in [0.4, 0.5) is 0 Å². The summed E-state index contributed by atoms with van der Waals surface area (Å²) in [4.78, 5) is 0. The first-order valence-electron chi connectivity index (χ1n) is 6.84. The molecule has 0 radical (unpaired) electrons. The first-order valence-corrected chi connectivity index (χ1v) is 10.0. The molecule has 2 N–H and O–H groups in total. The molecule has 0 aromatic rings. The van der Waals surface area contributed by atoms with Gasteiger partial charge in [0, 0.05) is 8.96 Å². The van der Waals surface area contributed by atoms with Crippen molar-refractivity contribution < 1.29 is 10.2 Å². The summed E-state index contributed by atoms with van der Waals surface area (Å²) in [5, 5.41) is 20.3. The fourth-order valence-corrected chi connectivity index (χ4v) is 6.58. The molecule has 0 aliphatic heterocycles. The van der Waals surface area contributed by atoms with Crippen molar-refractivity contribution in [1.29, 1.82) is 0 Å². The standard InChI is InChI=1S/C16H18Br4O2/c1-7-5-11(21)13(17)9(3)15(7,19)16(20)8(2)6-12(22)14(18)10(16)4/h5-6,11-12,21-22H,1-4H3. The Balaban J connectivity index is 2.77. The van der Waals surface area contributed by atoms with Gasteiger partial charge in [0.2, 0.25) is 0 Å². The average molecular weight is 562 g/mol. The summed E-state index contributed by atoms with van der Waals surface area (Å²) >= 11 is 14.9. The van der Waals surface area contributed by atoms with Gasteiger partial charge in [0.1, 0.15) is 12.2 Å². The largest absolute Gasteiger partial charge is 0.384 e. The summed E-state index contributed by atoms with van der Waals surface area (Å²) in [5.74, 6) is 0. The van der Waals surface area contributed by atoms with Gasteiger partial charge in [-0.3, -0.25) is 0 Å². The highest BCUT2D eigenvalue weighted by molar-refractivity contribution is 9.13. The van der Waals surface area contributed by atoms with Crippen LogP contribution in [-0.4, -0.2) is 31.1 Å². The van der Waals surface area contributed by atoms with Gasteiger partial charge in [-0.05, 0) is 38.8 Å². The topological polar surface area (TPSA) is 40.5 Å². The quantitative estimate of drug-likeness (QED) is 0.340. The minimum Gasteiger partial charge on any atom is -0.384 e. The lowest BCUT2D eigenvalue weighted by Crippen LogP contribution is -2.52. The zero-order valence-electron chi connectivity index (χ0n) is 12.7. The number of halogens is 4. The van der Waals surface area contributed by atoms with Crippen LogP contribution in [0.25, 0.3) is 0 Å². The Morgan fingerprint density at radius 1 is 0.773 bits per heavy atom. The fraction of sp³-hybridized carbons (Fsp3) is 0.500. The highest BCUT2D eigenvalue weighted by Gasteiger charge is 2.56. The Bertz CT molecular complexity index is 591. The number of hydrogen-bond donors (Lipinski definition) is 2. The van der Waals surface area contributed by atoms with Crippen LogP contribution < -0.4 is 0 Å². The number of alkyl halides is 2. The van der Waals surface area contributed by atoms with Crippen LogP contribution in [0.1, 0.15) is 27.7 Å². The summed E-state index contributed by atoms with van der Waals surface area (Å²) in [6.07, 6.45) is 2.42. The second-order valence-corrected chi connectivity index (χ2v) is 9.94. The summed E-state index contributed by atoms with van der Waals surface area (Å²) < 4.78 is 0.442. The Morgan fingerprint density at radius 2 is 1.05 bits per heavy atom. The second kappa shape index (κ2) is 6.26. The molecule has 0 bridgehead atoms. The van der Waals surface area contributed by atoms with E-state index in [1.807, 2.05) is 39.8 Å². The zero-order valence-corrected chi connectivity index (χ0v) is 19.1. The molecule has 0 spiro atoms. The maximum Gasteiger partial charge on any atom is 0.104 e. The first kappa shape index (κ1) is 19.1. The van der Waals surface area contributed by atoms with Gasteiger partial charge in [-0.15, -0.1) is 0 Å². The van der Waals surface area contributed by atoms with Crippen LogP contribution >= 0.6 is 63.7 Å². The number of hydrogen-bond acceptors (Lipinski definition) is 2. The van der Waals surface area contributed by atoms with E-state index in [4.69, 9.17) is 0 Å². The molecule has 4 atom stereocenters. The van der Waals surface area contributed by atoms with Crippen LogP contribution in [0, 0.1) is 0 Å². The van der Waals surface area contributed by atoms with E-state index in [9.17, 15) is 10.2 Å². The summed E-state index contributed by atoms with van der Waals surface area (Å²) in [7, 11) is 0. The highest BCUT2D eigenvalue weighted by atomic mass is 79.9. The van der Waals surface area contributed by atoms with Crippen molar-refractivity contribution >= 4 is 63.7 Å². The summed E-state index contributed by atoms with van der Waals surface area (Å²) in [6, 6.07) is 0. The van der Waals surface area contributed by atoms with Crippen LogP contribution in [0.2, 0.25) is 0 Å². The molecule has 122 valence electrons.